The number of hydrogen-bond donors (Lipinski definition) is 0. The summed E-state index contributed by atoms with van der Waals surface area (Å²) < 4.78 is 12.3. The van der Waals surface area contributed by atoms with Crippen molar-refractivity contribution in [1.29, 1.82) is 0 Å². The molecule has 0 fully saturated rings. The summed E-state index contributed by atoms with van der Waals surface area (Å²) in [4.78, 5) is 13.1. The highest BCUT2D eigenvalue weighted by atomic mass is 79.9. The van der Waals surface area contributed by atoms with Crippen molar-refractivity contribution >= 4 is 21.7 Å². The van der Waals surface area contributed by atoms with Gasteiger partial charge < -0.3 is 10.1 Å². The summed E-state index contributed by atoms with van der Waals surface area (Å²) in [6, 6.07) is 1.39. The summed E-state index contributed by atoms with van der Waals surface area (Å²) in [5, 5.41) is 10.3. The maximum Gasteiger partial charge on any atom is 0.378 e. The molecule has 0 aliphatic carbocycles. The van der Waals surface area contributed by atoms with Crippen LogP contribution >= 0.6 is 15.9 Å². The van der Waals surface area contributed by atoms with Gasteiger partial charge in [-0.2, -0.15) is 0 Å². The first-order chi connectivity index (χ1) is 5.66. The van der Waals surface area contributed by atoms with Crippen LogP contribution < -0.4 is 0 Å². The van der Waals surface area contributed by atoms with E-state index in [9.17, 15) is 14.5 Å². The van der Waals surface area contributed by atoms with Gasteiger partial charge in [-0.25, -0.2) is 4.39 Å². The number of hydrogen-bond acceptors (Lipinski definition) is 3. The second-order valence-corrected chi connectivity index (χ2v) is 2.79. The van der Waals surface area contributed by atoms with Crippen molar-refractivity contribution in [3.8, 4) is 0 Å². The number of pyridine rings is 1. The van der Waals surface area contributed by atoms with Crippen LogP contribution in [-0.4, -0.2) is 9.91 Å². The average Bonchev–Trinajstić information content (AvgIpc) is 2.04. The first-order valence-corrected chi connectivity index (χ1v) is 3.80. The second kappa shape index (κ2) is 3.57. The van der Waals surface area contributed by atoms with E-state index in [4.69, 9.17) is 0 Å². The molecule has 0 aliphatic rings. The maximum atomic E-state index is 12.1. The van der Waals surface area contributed by atoms with Crippen molar-refractivity contribution in [3.05, 3.63) is 32.4 Å². The van der Waals surface area contributed by atoms with E-state index >= 15 is 0 Å². The Labute approximate surface area is 75.7 Å². The van der Waals surface area contributed by atoms with Crippen LogP contribution in [0.1, 0.15) is 5.56 Å². The van der Waals surface area contributed by atoms with E-state index in [0.717, 1.165) is 0 Å². The Morgan fingerprint density at radius 3 is 2.92 bits per heavy atom. The van der Waals surface area contributed by atoms with Crippen LogP contribution in [0.3, 0.4) is 0 Å². The molecule has 0 bridgehead atoms. The second-order valence-electron chi connectivity index (χ2n) is 2.00. The molecule has 0 amide bonds. The molecule has 0 saturated heterocycles. The molecule has 0 atom stereocenters. The van der Waals surface area contributed by atoms with Crippen molar-refractivity contribution in [2.45, 2.75) is 6.67 Å². The number of aromatic nitrogens is 1. The van der Waals surface area contributed by atoms with E-state index in [1.54, 1.807) is 0 Å². The van der Waals surface area contributed by atoms with Gasteiger partial charge in [-0.1, -0.05) is 0 Å². The molecule has 6 heteroatoms. The molecular weight excluding hydrogens is 231 g/mol. The summed E-state index contributed by atoms with van der Waals surface area (Å²) in [6.07, 6.45) is 1.21. The Kier molecular flexibility index (Phi) is 2.69. The van der Waals surface area contributed by atoms with Gasteiger partial charge in [0, 0.05) is 5.56 Å². The van der Waals surface area contributed by atoms with E-state index in [2.05, 4.69) is 20.9 Å². The summed E-state index contributed by atoms with van der Waals surface area (Å²) in [6.45, 7) is -0.746. The highest BCUT2D eigenvalue weighted by Crippen LogP contribution is 2.26. The van der Waals surface area contributed by atoms with Gasteiger partial charge in [-0.05, 0) is 31.9 Å². The van der Waals surface area contributed by atoms with Crippen LogP contribution in [0.25, 0.3) is 0 Å². The lowest BCUT2D eigenvalue weighted by Gasteiger charge is -1.97. The summed E-state index contributed by atoms with van der Waals surface area (Å²) >= 11 is 2.90. The summed E-state index contributed by atoms with van der Waals surface area (Å²) in [7, 11) is 0. The van der Waals surface area contributed by atoms with Crippen LogP contribution in [0.2, 0.25) is 0 Å². The molecule has 1 rings (SSSR count). The number of halogens is 2. The minimum atomic E-state index is -0.746. The Bertz CT molecular complexity index is 318. The number of nitro groups is 1. The fourth-order valence-electron chi connectivity index (χ4n) is 0.702. The van der Waals surface area contributed by atoms with E-state index in [-0.39, 0.29) is 15.9 Å². The third-order valence-electron chi connectivity index (χ3n) is 1.27. The highest BCUT2D eigenvalue weighted by Gasteiger charge is 2.15. The zero-order chi connectivity index (χ0) is 9.14. The van der Waals surface area contributed by atoms with E-state index in [1.807, 2.05) is 0 Å². The molecule has 0 radical (unpaired) electrons. The lowest BCUT2D eigenvalue weighted by molar-refractivity contribution is -0.390. The van der Waals surface area contributed by atoms with E-state index in [0.29, 0.717) is 0 Å². The van der Waals surface area contributed by atoms with Gasteiger partial charge >= 0.3 is 5.82 Å². The van der Waals surface area contributed by atoms with Gasteiger partial charge in [0.2, 0.25) is 0 Å². The third kappa shape index (κ3) is 1.58. The van der Waals surface area contributed by atoms with Crippen molar-refractivity contribution in [2.24, 2.45) is 0 Å². The molecule has 0 aromatic carbocycles. The van der Waals surface area contributed by atoms with Crippen LogP contribution in [0.5, 0.6) is 0 Å². The molecule has 0 saturated carbocycles. The lowest BCUT2D eigenvalue weighted by Crippen LogP contribution is -1.95. The number of rotatable bonds is 2. The Morgan fingerprint density at radius 2 is 2.42 bits per heavy atom. The number of nitrogens with zero attached hydrogens (tertiary/aromatic N) is 2. The van der Waals surface area contributed by atoms with Crippen LogP contribution in [0.4, 0.5) is 10.2 Å². The molecule has 64 valence electrons. The molecular formula is C6H4BrFN2O2. The minimum absolute atomic E-state index is 0.109. The first kappa shape index (κ1) is 9.05. The molecule has 0 aliphatic heterocycles. The molecule has 1 aromatic rings. The summed E-state index contributed by atoms with van der Waals surface area (Å²) in [5.74, 6) is -0.356. The van der Waals surface area contributed by atoms with Gasteiger partial charge in [-0.15, -0.1) is 0 Å². The zero-order valence-corrected chi connectivity index (χ0v) is 7.41. The smallest absolute Gasteiger partial charge is 0.358 e. The van der Waals surface area contributed by atoms with Crippen molar-refractivity contribution in [1.82, 2.24) is 4.98 Å². The van der Waals surface area contributed by atoms with Gasteiger partial charge in [0.15, 0.2) is 0 Å². The van der Waals surface area contributed by atoms with Gasteiger partial charge in [0.05, 0.1) is 0 Å². The van der Waals surface area contributed by atoms with Crippen LogP contribution in [0.15, 0.2) is 16.7 Å². The SMILES string of the molecule is O=[N+]([O-])c1nccc(CF)c1Br. The first-order valence-electron chi connectivity index (χ1n) is 3.00. The molecule has 1 heterocycles. The number of alkyl halides is 1. The third-order valence-corrected chi connectivity index (χ3v) is 2.13. The Morgan fingerprint density at radius 1 is 1.75 bits per heavy atom. The molecule has 0 unspecified atom stereocenters. The topological polar surface area (TPSA) is 56.0 Å². The Hall–Kier alpha value is -1.04. The minimum Gasteiger partial charge on any atom is -0.358 e. The fraction of sp³-hybridized carbons (Fsp3) is 0.167. The zero-order valence-electron chi connectivity index (χ0n) is 5.83. The van der Waals surface area contributed by atoms with Crippen molar-refractivity contribution in [3.63, 3.8) is 0 Å². The molecule has 12 heavy (non-hydrogen) atoms. The molecule has 0 N–H and O–H groups in total. The lowest BCUT2D eigenvalue weighted by atomic mass is 10.3. The predicted octanol–water partition coefficient (Wildman–Crippen LogP) is 2.22. The summed E-state index contributed by atoms with van der Waals surface area (Å²) in [5.41, 5.74) is 0.233. The largest absolute Gasteiger partial charge is 0.378 e. The molecule has 4 nitrogen and oxygen atoms in total. The maximum absolute atomic E-state index is 12.1. The van der Waals surface area contributed by atoms with Crippen molar-refractivity contribution in [2.75, 3.05) is 0 Å². The average molecular weight is 235 g/mol. The standard InChI is InChI=1S/C6H4BrFN2O2/c7-5-4(3-8)1-2-9-6(5)10(11)12/h1-2H,3H2. The van der Waals surface area contributed by atoms with Gasteiger partial charge in [-0.3, -0.25) is 0 Å². The van der Waals surface area contributed by atoms with Gasteiger partial charge in [0.1, 0.15) is 17.3 Å². The van der Waals surface area contributed by atoms with Crippen molar-refractivity contribution < 1.29 is 9.31 Å². The quantitative estimate of drug-likeness (QED) is 0.583. The highest BCUT2D eigenvalue weighted by molar-refractivity contribution is 9.10. The van der Waals surface area contributed by atoms with Crippen LogP contribution in [-0.2, 0) is 6.67 Å². The fourth-order valence-corrected chi connectivity index (χ4v) is 1.19. The van der Waals surface area contributed by atoms with Crippen LogP contribution in [0, 0.1) is 10.1 Å². The normalized spacial score (nSPS) is 9.83. The van der Waals surface area contributed by atoms with E-state index in [1.165, 1.54) is 12.3 Å². The molecule has 0 spiro atoms. The Balaban J connectivity index is 3.23. The predicted molar refractivity (Wildman–Crippen MR) is 43.4 cm³/mol. The van der Waals surface area contributed by atoms with E-state index < -0.39 is 11.6 Å². The van der Waals surface area contributed by atoms with Gasteiger partial charge in [0.25, 0.3) is 0 Å². The molecule has 1 aromatic heterocycles. The monoisotopic (exact) mass is 234 g/mol.